The highest BCUT2D eigenvalue weighted by Gasteiger charge is 2.31. The van der Waals surface area contributed by atoms with Crippen molar-refractivity contribution in [2.75, 3.05) is 30.8 Å². The summed E-state index contributed by atoms with van der Waals surface area (Å²) in [7, 11) is 1.43. The second-order valence-corrected chi connectivity index (χ2v) is 5.39. The van der Waals surface area contributed by atoms with Crippen molar-refractivity contribution >= 4 is 17.3 Å². The maximum absolute atomic E-state index is 11.8. The molecule has 0 fully saturated rings. The second-order valence-electron chi connectivity index (χ2n) is 5.39. The molecule has 1 aromatic carbocycles. The number of ether oxygens (including phenoxy) is 1. The second kappa shape index (κ2) is 6.45. The molecule has 0 aliphatic rings. The third-order valence-electron chi connectivity index (χ3n) is 3.08. The van der Waals surface area contributed by atoms with Crippen LogP contribution in [0.1, 0.15) is 27.2 Å². The summed E-state index contributed by atoms with van der Waals surface area (Å²) in [5.74, 6) is -0.191. The molecule has 19 heavy (non-hydrogen) atoms. The van der Waals surface area contributed by atoms with Gasteiger partial charge in [0.1, 0.15) is 0 Å². The fourth-order valence-electron chi connectivity index (χ4n) is 2.07. The van der Waals surface area contributed by atoms with E-state index in [0.717, 1.165) is 24.3 Å². The van der Waals surface area contributed by atoms with Crippen LogP contribution in [0.3, 0.4) is 0 Å². The fourth-order valence-corrected chi connectivity index (χ4v) is 2.07. The quantitative estimate of drug-likeness (QED) is 0.634. The number of nitrogens with zero attached hydrogens (tertiary/aromatic N) is 1. The zero-order valence-electron chi connectivity index (χ0n) is 12.3. The van der Waals surface area contributed by atoms with Crippen LogP contribution >= 0.6 is 0 Å². The van der Waals surface area contributed by atoms with E-state index in [2.05, 4.69) is 11.8 Å². The van der Waals surface area contributed by atoms with Crippen molar-refractivity contribution in [1.82, 2.24) is 0 Å². The molecular formula is C15H24N2O2. The van der Waals surface area contributed by atoms with Gasteiger partial charge in [-0.3, -0.25) is 4.79 Å². The summed E-state index contributed by atoms with van der Waals surface area (Å²) >= 11 is 0. The van der Waals surface area contributed by atoms with E-state index in [9.17, 15) is 4.79 Å². The summed E-state index contributed by atoms with van der Waals surface area (Å²) in [4.78, 5) is 14.0. The highest BCUT2D eigenvalue weighted by molar-refractivity contribution is 5.76. The number of hydrogen-bond donors (Lipinski definition) is 1. The van der Waals surface area contributed by atoms with E-state index in [0.29, 0.717) is 6.54 Å². The molecule has 0 aliphatic carbocycles. The van der Waals surface area contributed by atoms with Gasteiger partial charge in [-0.1, -0.05) is 6.92 Å². The smallest absolute Gasteiger partial charge is 0.313 e. The molecule has 0 unspecified atom stereocenters. The monoisotopic (exact) mass is 264 g/mol. The Hall–Kier alpha value is -1.71. The van der Waals surface area contributed by atoms with Crippen molar-refractivity contribution in [2.45, 2.75) is 27.2 Å². The number of hydrogen-bond acceptors (Lipinski definition) is 4. The molecule has 1 rings (SSSR count). The van der Waals surface area contributed by atoms with E-state index >= 15 is 0 Å². The minimum absolute atomic E-state index is 0.191. The van der Waals surface area contributed by atoms with Gasteiger partial charge in [-0.05, 0) is 44.5 Å². The highest BCUT2D eigenvalue weighted by Crippen LogP contribution is 2.24. The highest BCUT2D eigenvalue weighted by atomic mass is 16.5. The molecule has 0 heterocycles. The number of rotatable bonds is 6. The molecule has 0 amide bonds. The first-order valence-electron chi connectivity index (χ1n) is 6.59. The Bertz CT molecular complexity index is 413. The van der Waals surface area contributed by atoms with Crippen LogP contribution in [0.5, 0.6) is 0 Å². The largest absolute Gasteiger partial charge is 0.469 e. The lowest BCUT2D eigenvalue weighted by Crippen LogP contribution is -2.40. The van der Waals surface area contributed by atoms with Crippen LogP contribution in [0.2, 0.25) is 0 Å². The molecule has 0 saturated carbocycles. The molecule has 1 aromatic rings. The Labute approximate surface area is 115 Å². The number of benzene rings is 1. The van der Waals surface area contributed by atoms with Crippen LogP contribution in [0, 0.1) is 5.41 Å². The molecule has 106 valence electrons. The molecule has 4 heteroatoms. The minimum atomic E-state index is -0.536. The Balaban J connectivity index is 2.89. The molecule has 4 nitrogen and oxygen atoms in total. The predicted octanol–water partition coefficient (Wildman–Crippen LogP) is 2.68. The average Bonchev–Trinajstić information content (AvgIpc) is 2.38. The van der Waals surface area contributed by atoms with E-state index in [1.807, 2.05) is 38.1 Å². The average molecular weight is 264 g/mol. The Kier molecular flexibility index (Phi) is 5.21. The topological polar surface area (TPSA) is 55.6 Å². The first-order chi connectivity index (χ1) is 8.90. The van der Waals surface area contributed by atoms with Gasteiger partial charge in [0.05, 0.1) is 12.5 Å². The molecule has 2 N–H and O–H groups in total. The first-order valence-corrected chi connectivity index (χ1v) is 6.59. The number of carbonyl (C=O) groups is 1. The van der Waals surface area contributed by atoms with Gasteiger partial charge in [0, 0.05) is 24.5 Å². The Morgan fingerprint density at radius 1 is 1.32 bits per heavy atom. The number of methoxy groups -OCH3 is 1. The summed E-state index contributed by atoms with van der Waals surface area (Å²) in [6, 6.07) is 7.73. The van der Waals surface area contributed by atoms with Crippen LogP contribution in [0.25, 0.3) is 0 Å². The maximum atomic E-state index is 11.8. The standard InChI is InChI=1S/C15H24N2O2/c1-5-10-17(11-15(2,3)14(18)19-4)13-8-6-12(16)7-9-13/h6-9H,5,10-11,16H2,1-4H3. The van der Waals surface area contributed by atoms with Gasteiger partial charge < -0.3 is 15.4 Å². The molecular weight excluding hydrogens is 240 g/mol. The molecule has 0 bridgehead atoms. The van der Waals surface area contributed by atoms with E-state index in [1.165, 1.54) is 7.11 Å². The zero-order chi connectivity index (χ0) is 14.5. The van der Waals surface area contributed by atoms with E-state index in [4.69, 9.17) is 10.5 Å². The number of anilines is 2. The summed E-state index contributed by atoms with van der Waals surface area (Å²) < 4.78 is 4.86. The normalized spacial score (nSPS) is 11.2. The van der Waals surface area contributed by atoms with Crippen LogP contribution in [-0.2, 0) is 9.53 Å². The Morgan fingerprint density at radius 3 is 2.37 bits per heavy atom. The van der Waals surface area contributed by atoms with Crippen molar-refractivity contribution in [2.24, 2.45) is 5.41 Å². The van der Waals surface area contributed by atoms with Crippen molar-refractivity contribution in [3.8, 4) is 0 Å². The third kappa shape index (κ3) is 4.16. The number of esters is 1. The molecule has 0 atom stereocenters. The predicted molar refractivity (Wildman–Crippen MR) is 79.2 cm³/mol. The lowest BCUT2D eigenvalue weighted by Gasteiger charge is -2.32. The lowest BCUT2D eigenvalue weighted by atomic mass is 9.92. The van der Waals surface area contributed by atoms with Crippen LogP contribution in [-0.4, -0.2) is 26.2 Å². The molecule has 0 aromatic heterocycles. The summed E-state index contributed by atoms with van der Waals surface area (Å²) in [6.45, 7) is 7.44. The van der Waals surface area contributed by atoms with Crippen LogP contribution < -0.4 is 10.6 Å². The van der Waals surface area contributed by atoms with Gasteiger partial charge >= 0.3 is 5.97 Å². The number of nitrogens with two attached hydrogens (primary N) is 1. The van der Waals surface area contributed by atoms with Gasteiger partial charge in [0.25, 0.3) is 0 Å². The molecule has 0 saturated heterocycles. The van der Waals surface area contributed by atoms with E-state index < -0.39 is 5.41 Å². The van der Waals surface area contributed by atoms with Gasteiger partial charge in [-0.15, -0.1) is 0 Å². The van der Waals surface area contributed by atoms with Gasteiger partial charge in [-0.25, -0.2) is 0 Å². The number of nitrogen functional groups attached to an aromatic ring is 1. The van der Waals surface area contributed by atoms with Crippen LogP contribution in [0.15, 0.2) is 24.3 Å². The molecule has 0 radical (unpaired) electrons. The summed E-state index contributed by atoms with van der Waals surface area (Å²) in [5.41, 5.74) is 6.99. The van der Waals surface area contributed by atoms with Gasteiger partial charge in [0.15, 0.2) is 0 Å². The summed E-state index contributed by atoms with van der Waals surface area (Å²) in [6.07, 6.45) is 1.02. The molecule has 0 spiro atoms. The molecule has 0 aliphatic heterocycles. The summed E-state index contributed by atoms with van der Waals surface area (Å²) in [5, 5.41) is 0. The van der Waals surface area contributed by atoms with Crippen molar-refractivity contribution < 1.29 is 9.53 Å². The van der Waals surface area contributed by atoms with Crippen molar-refractivity contribution in [1.29, 1.82) is 0 Å². The van der Waals surface area contributed by atoms with E-state index in [-0.39, 0.29) is 5.97 Å². The van der Waals surface area contributed by atoms with Crippen LogP contribution in [0.4, 0.5) is 11.4 Å². The Morgan fingerprint density at radius 2 is 1.89 bits per heavy atom. The first kappa shape index (κ1) is 15.3. The fraction of sp³-hybridized carbons (Fsp3) is 0.533. The number of carbonyl (C=O) groups excluding carboxylic acids is 1. The lowest BCUT2D eigenvalue weighted by molar-refractivity contribution is -0.150. The van der Waals surface area contributed by atoms with Crippen molar-refractivity contribution in [3.05, 3.63) is 24.3 Å². The maximum Gasteiger partial charge on any atom is 0.313 e. The zero-order valence-corrected chi connectivity index (χ0v) is 12.3. The van der Waals surface area contributed by atoms with Gasteiger partial charge in [-0.2, -0.15) is 0 Å². The van der Waals surface area contributed by atoms with E-state index in [1.54, 1.807) is 0 Å². The van der Waals surface area contributed by atoms with Crippen molar-refractivity contribution in [3.63, 3.8) is 0 Å². The minimum Gasteiger partial charge on any atom is -0.469 e. The third-order valence-corrected chi connectivity index (χ3v) is 3.08. The SMILES string of the molecule is CCCN(CC(C)(C)C(=O)OC)c1ccc(N)cc1. The van der Waals surface area contributed by atoms with Gasteiger partial charge in [0.2, 0.25) is 0 Å².